The Balaban J connectivity index is 1.51. The van der Waals surface area contributed by atoms with Crippen LogP contribution in [0.4, 0.5) is 4.79 Å². The zero-order valence-electron chi connectivity index (χ0n) is 18.1. The van der Waals surface area contributed by atoms with Crippen molar-refractivity contribution in [3.8, 4) is 6.07 Å². The molecular formula is C26H21N3O3S2. The summed E-state index contributed by atoms with van der Waals surface area (Å²) in [6.45, 7) is 0.787. The number of carbonyl (C=O) groups is 1. The zero-order valence-corrected chi connectivity index (χ0v) is 19.8. The number of amides is 1. The van der Waals surface area contributed by atoms with Gasteiger partial charge < -0.3 is 15.2 Å². The van der Waals surface area contributed by atoms with Gasteiger partial charge in [0.25, 0.3) is 0 Å². The van der Waals surface area contributed by atoms with Crippen LogP contribution >= 0.6 is 22.7 Å². The van der Waals surface area contributed by atoms with E-state index >= 15 is 0 Å². The van der Waals surface area contributed by atoms with Crippen molar-refractivity contribution < 1.29 is 14.3 Å². The van der Waals surface area contributed by atoms with Gasteiger partial charge in [0.1, 0.15) is 24.0 Å². The molecule has 2 aliphatic rings. The third-order valence-corrected chi connectivity index (χ3v) is 7.45. The summed E-state index contributed by atoms with van der Waals surface area (Å²) in [6.07, 6.45) is 1.59. The van der Waals surface area contributed by atoms with Gasteiger partial charge in [0.15, 0.2) is 0 Å². The van der Waals surface area contributed by atoms with E-state index in [-0.39, 0.29) is 25.0 Å². The van der Waals surface area contributed by atoms with Gasteiger partial charge in [0.05, 0.1) is 19.0 Å². The van der Waals surface area contributed by atoms with Gasteiger partial charge >= 0.3 is 6.09 Å². The van der Waals surface area contributed by atoms with Crippen molar-refractivity contribution >= 4 is 34.8 Å². The largest absolute Gasteiger partial charge is 0.445 e. The second-order valence-corrected chi connectivity index (χ2v) is 9.83. The van der Waals surface area contributed by atoms with E-state index in [1.54, 1.807) is 27.6 Å². The molecular weight excluding hydrogens is 466 g/mol. The van der Waals surface area contributed by atoms with Gasteiger partial charge in [-0.15, -0.1) is 22.7 Å². The fraction of sp³-hybridized carbons (Fsp3) is 0.154. The van der Waals surface area contributed by atoms with Crippen LogP contribution in [0.15, 0.2) is 93.7 Å². The third-order valence-electron chi connectivity index (χ3n) is 5.69. The van der Waals surface area contributed by atoms with Crippen molar-refractivity contribution in [1.29, 1.82) is 5.26 Å². The van der Waals surface area contributed by atoms with Crippen LogP contribution in [0.3, 0.4) is 0 Å². The molecule has 0 unspecified atom stereocenters. The summed E-state index contributed by atoms with van der Waals surface area (Å²) in [6, 6.07) is 19.7. The zero-order chi connectivity index (χ0) is 23.5. The van der Waals surface area contributed by atoms with Gasteiger partial charge in [-0.25, -0.2) is 4.79 Å². The monoisotopic (exact) mass is 487 g/mol. The van der Waals surface area contributed by atoms with Crippen LogP contribution < -0.4 is 5.73 Å². The Morgan fingerprint density at radius 3 is 2.65 bits per heavy atom. The summed E-state index contributed by atoms with van der Waals surface area (Å²) in [5.41, 5.74) is 9.14. The summed E-state index contributed by atoms with van der Waals surface area (Å²) >= 11 is 3.14. The van der Waals surface area contributed by atoms with E-state index in [9.17, 15) is 10.1 Å². The van der Waals surface area contributed by atoms with Gasteiger partial charge in [0, 0.05) is 20.9 Å². The van der Waals surface area contributed by atoms with Gasteiger partial charge in [-0.1, -0.05) is 42.5 Å². The van der Waals surface area contributed by atoms with E-state index in [1.165, 1.54) is 0 Å². The maximum absolute atomic E-state index is 13.1. The minimum absolute atomic E-state index is 0.108. The van der Waals surface area contributed by atoms with E-state index in [1.807, 2.05) is 71.4 Å². The van der Waals surface area contributed by atoms with Crippen LogP contribution in [0.2, 0.25) is 0 Å². The number of nitrogens with zero attached hydrogens (tertiary/aromatic N) is 2. The topological polar surface area (TPSA) is 88.6 Å². The molecule has 2 aromatic heterocycles. The highest BCUT2D eigenvalue weighted by molar-refractivity contribution is 7.10. The minimum Gasteiger partial charge on any atom is -0.445 e. The smallest absolute Gasteiger partial charge is 0.410 e. The van der Waals surface area contributed by atoms with Crippen LogP contribution in [0.25, 0.3) is 6.08 Å². The number of allylic oxidation sites excluding steroid dienone is 1. The predicted molar refractivity (Wildman–Crippen MR) is 132 cm³/mol. The van der Waals surface area contributed by atoms with Crippen LogP contribution in [0.1, 0.15) is 21.2 Å². The van der Waals surface area contributed by atoms with Gasteiger partial charge in [-0.2, -0.15) is 5.26 Å². The average Bonchev–Trinajstić information content (AvgIpc) is 3.57. The van der Waals surface area contributed by atoms with Crippen molar-refractivity contribution in [3.63, 3.8) is 0 Å². The van der Waals surface area contributed by atoms with E-state index in [2.05, 4.69) is 6.07 Å². The van der Waals surface area contributed by atoms with Crippen LogP contribution in [0.5, 0.6) is 0 Å². The summed E-state index contributed by atoms with van der Waals surface area (Å²) in [7, 11) is 0. The molecule has 0 radical (unpaired) electrons. The number of hydrogen-bond acceptors (Lipinski definition) is 7. The normalized spacial score (nSPS) is 19.0. The predicted octanol–water partition coefficient (Wildman–Crippen LogP) is 5.61. The van der Waals surface area contributed by atoms with Gasteiger partial charge in [-0.3, -0.25) is 4.90 Å². The molecule has 0 saturated heterocycles. The quantitative estimate of drug-likeness (QED) is 0.517. The Kier molecular flexibility index (Phi) is 6.21. The number of nitrogens with two attached hydrogens (primary N) is 1. The molecule has 5 rings (SSSR count). The van der Waals surface area contributed by atoms with E-state index in [0.29, 0.717) is 17.9 Å². The molecule has 34 heavy (non-hydrogen) atoms. The third kappa shape index (κ3) is 4.36. The van der Waals surface area contributed by atoms with Crippen molar-refractivity contribution in [2.45, 2.75) is 12.5 Å². The highest BCUT2D eigenvalue weighted by Crippen LogP contribution is 2.45. The highest BCUT2D eigenvalue weighted by Gasteiger charge is 2.39. The Labute approximate surface area is 205 Å². The van der Waals surface area contributed by atoms with Crippen LogP contribution in [-0.4, -0.2) is 24.1 Å². The molecule has 0 bridgehead atoms. The van der Waals surface area contributed by atoms with Crippen LogP contribution in [0, 0.1) is 11.3 Å². The number of rotatable bonds is 4. The number of carbonyl (C=O) groups excluding carboxylic acids is 1. The number of ether oxygens (including phenoxy) is 2. The summed E-state index contributed by atoms with van der Waals surface area (Å²) < 4.78 is 11.6. The summed E-state index contributed by atoms with van der Waals surface area (Å²) in [4.78, 5) is 16.8. The average molecular weight is 488 g/mol. The molecule has 8 heteroatoms. The lowest BCUT2D eigenvalue weighted by atomic mass is 9.84. The first-order valence-electron chi connectivity index (χ1n) is 10.7. The summed E-state index contributed by atoms with van der Waals surface area (Å²) in [5, 5.41) is 13.8. The molecule has 0 aliphatic carbocycles. The Morgan fingerprint density at radius 2 is 1.94 bits per heavy atom. The van der Waals surface area contributed by atoms with Crippen LogP contribution in [-0.2, 0) is 16.1 Å². The Morgan fingerprint density at radius 1 is 1.15 bits per heavy atom. The molecule has 4 heterocycles. The first-order chi connectivity index (χ1) is 16.6. The SMILES string of the molecule is N#CC1=C(N)OC2=C(CN(C(=O)OCc3ccccc3)C/C2=C\c2cccs2)[C@H]1c1cccs1. The molecule has 2 aliphatic heterocycles. The summed E-state index contributed by atoms with van der Waals surface area (Å²) in [5.74, 6) is 0.373. The molecule has 0 fully saturated rings. The van der Waals surface area contributed by atoms with Crippen molar-refractivity contribution in [2.75, 3.05) is 13.1 Å². The second-order valence-electron chi connectivity index (χ2n) is 7.88. The fourth-order valence-corrected chi connectivity index (χ4v) is 5.69. The molecule has 1 amide bonds. The van der Waals surface area contributed by atoms with E-state index in [0.717, 1.165) is 26.5 Å². The number of benzene rings is 1. The number of hydrogen-bond donors (Lipinski definition) is 1. The first kappa shape index (κ1) is 22.0. The molecule has 1 atom stereocenters. The minimum atomic E-state index is -0.418. The lowest BCUT2D eigenvalue weighted by Gasteiger charge is -2.37. The maximum Gasteiger partial charge on any atom is 0.410 e. The van der Waals surface area contributed by atoms with Gasteiger partial charge in [-0.05, 0) is 34.5 Å². The van der Waals surface area contributed by atoms with Crippen molar-refractivity contribution in [3.05, 3.63) is 109 Å². The molecule has 3 aromatic rings. The highest BCUT2D eigenvalue weighted by atomic mass is 32.1. The first-order valence-corrected chi connectivity index (χ1v) is 12.4. The van der Waals surface area contributed by atoms with Crippen molar-refractivity contribution in [2.24, 2.45) is 5.73 Å². The Hall–Kier alpha value is -3.80. The Bertz CT molecular complexity index is 1320. The second kappa shape index (κ2) is 9.59. The molecule has 0 spiro atoms. The number of nitriles is 1. The molecule has 170 valence electrons. The van der Waals surface area contributed by atoms with Gasteiger partial charge in [0.2, 0.25) is 5.88 Å². The molecule has 2 N–H and O–H groups in total. The molecule has 1 aromatic carbocycles. The van der Waals surface area contributed by atoms with E-state index in [4.69, 9.17) is 15.2 Å². The molecule has 0 saturated carbocycles. The number of thiophene rings is 2. The lowest BCUT2D eigenvalue weighted by molar-refractivity contribution is 0.0983. The standard InChI is InChI=1S/C26H21N3O3S2/c27-13-20-23(22-9-5-11-34-22)21-15-29(26(30)31-16-17-6-2-1-3-7-17)14-18(24(21)32-25(20)28)12-19-8-4-10-33-19/h1-12,23H,14-16,28H2/b18-12+/t23-/m0/s1. The lowest BCUT2D eigenvalue weighted by Crippen LogP contribution is -2.41. The fourth-order valence-electron chi connectivity index (χ4n) is 4.14. The maximum atomic E-state index is 13.1. The van der Waals surface area contributed by atoms with Crippen molar-refractivity contribution in [1.82, 2.24) is 4.90 Å². The molecule has 6 nitrogen and oxygen atoms in total. The van der Waals surface area contributed by atoms with E-state index < -0.39 is 6.09 Å².